The van der Waals surface area contributed by atoms with Crippen LogP contribution in [0.4, 0.5) is 0 Å². The second-order valence-electron chi connectivity index (χ2n) is 3.58. The van der Waals surface area contributed by atoms with Gasteiger partial charge < -0.3 is 4.74 Å². The first-order valence-electron chi connectivity index (χ1n) is 5.47. The fraction of sp³-hybridized carbons (Fsp3) is 0.143. The molecule has 3 nitrogen and oxygen atoms in total. The van der Waals surface area contributed by atoms with Crippen molar-refractivity contribution in [3.05, 3.63) is 48.3 Å². The van der Waals surface area contributed by atoms with Gasteiger partial charge in [0.05, 0.1) is 12.8 Å². The predicted molar refractivity (Wildman–Crippen MR) is 66.2 cm³/mol. The van der Waals surface area contributed by atoms with Crippen LogP contribution in [0.25, 0.3) is 11.1 Å². The number of aromatic nitrogens is 1. The van der Waals surface area contributed by atoms with E-state index in [-0.39, 0.29) is 0 Å². The topological polar surface area (TPSA) is 39.2 Å². The van der Waals surface area contributed by atoms with Gasteiger partial charge >= 0.3 is 0 Å². The van der Waals surface area contributed by atoms with Crippen molar-refractivity contribution in [3.63, 3.8) is 0 Å². The Morgan fingerprint density at radius 2 is 1.94 bits per heavy atom. The van der Waals surface area contributed by atoms with E-state index in [4.69, 9.17) is 4.74 Å². The molecule has 0 amide bonds. The van der Waals surface area contributed by atoms with Gasteiger partial charge in [0.15, 0.2) is 0 Å². The van der Waals surface area contributed by atoms with Crippen molar-refractivity contribution in [2.75, 3.05) is 6.61 Å². The monoisotopic (exact) mass is 227 g/mol. The third kappa shape index (κ3) is 2.69. The lowest BCUT2D eigenvalue weighted by atomic mass is 10.1. The van der Waals surface area contributed by atoms with Crippen LogP contribution < -0.4 is 4.74 Å². The summed E-state index contributed by atoms with van der Waals surface area (Å²) < 4.78 is 5.39. The fourth-order valence-corrected chi connectivity index (χ4v) is 1.58. The van der Waals surface area contributed by atoms with E-state index in [1.807, 2.05) is 25.1 Å². The second-order valence-corrected chi connectivity index (χ2v) is 3.58. The van der Waals surface area contributed by atoms with Gasteiger partial charge in [-0.15, -0.1) is 0 Å². The van der Waals surface area contributed by atoms with Crippen LogP contribution in [0, 0.1) is 0 Å². The van der Waals surface area contributed by atoms with Crippen molar-refractivity contribution in [1.82, 2.24) is 4.98 Å². The first kappa shape index (κ1) is 11.3. The van der Waals surface area contributed by atoms with Gasteiger partial charge in [0.1, 0.15) is 12.0 Å². The summed E-state index contributed by atoms with van der Waals surface area (Å²) in [5, 5.41) is 0. The smallest absolute Gasteiger partial charge is 0.150 e. The van der Waals surface area contributed by atoms with Crippen molar-refractivity contribution in [1.29, 1.82) is 0 Å². The summed E-state index contributed by atoms with van der Waals surface area (Å²) in [6.07, 6.45) is 4.30. The lowest BCUT2D eigenvalue weighted by molar-refractivity contribution is 0.112. The zero-order chi connectivity index (χ0) is 12.1. The van der Waals surface area contributed by atoms with Crippen molar-refractivity contribution in [2.24, 2.45) is 0 Å². The number of nitrogens with zero attached hydrogens (tertiary/aromatic N) is 1. The highest BCUT2D eigenvalue weighted by Gasteiger charge is 2.00. The fourth-order valence-electron chi connectivity index (χ4n) is 1.58. The third-order valence-corrected chi connectivity index (χ3v) is 2.40. The Kier molecular flexibility index (Phi) is 3.50. The van der Waals surface area contributed by atoms with Crippen LogP contribution in [-0.4, -0.2) is 17.9 Å². The Balaban J connectivity index is 2.31. The van der Waals surface area contributed by atoms with Gasteiger partial charge in [-0.25, -0.2) is 0 Å². The van der Waals surface area contributed by atoms with Gasteiger partial charge in [-0.2, -0.15) is 0 Å². The molecule has 0 unspecified atom stereocenters. The first-order chi connectivity index (χ1) is 8.33. The van der Waals surface area contributed by atoms with E-state index < -0.39 is 0 Å². The zero-order valence-corrected chi connectivity index (χ0v) is 9.59. The minimum atomic E-state index is 0.620. The molecule has 0 fully saturated rings. The van der Waals surface area contributed by atoms with E-state index >= 15 is 0 Å². The van der Waals surface area contributed by atoms with E-state index in [1.54, 1.807) is 24.5 Å². The van der Waals surface area contributed by atoms with E-state index in [2.05, 4.69) is 4.98 Å². The Labute approximate surface area is 100 Å². The molecule has 0 radical (unpaired) electrons. The molecule has 0 bridgehead atoms. The SMILES string of the molecule is CCOc1cncc(-c2ccc(C=O)cc2)c1. The Hall–Kier alpha value is -2.16. The molecule has 1 heterocycles. The highest BCUT2D eigenvalue weighted by Crippen LogP contribution is 2.22. The maximum absolute atomic E-state index is 10.6. The lowest BCUT2D eigenvalue weighted by Crippen LogP contribution is -1.92. The van der Waals surface area contributed by atoms with Crippen LogP contribution in [0.2, 0.25) is 0 Å². The molecule has 0 N–H and O–H groups in total. The minimum Gasteiger partial charge on any atom is -0.492 e. The molecule has 17 heavy (non-hydrogen) atoms. The molecular weight excluding hydrogens is 214 g/mol. The quantitative estimate of drug-likeness (QED) is 0.754. The minimum absolute atomic E-state index is 0.620. The van der Waals surface area contributed by atoms with Crippen LogP contribution in [0.1, 0.15) is 17.3 Å². The van der Waals surface area contributed by atoms with E-state index in [9.17, 15) is 4.79 Å². The van der Waals surface area contributed by atoms with E-state index in [0.29, 0.717) is 12.2 Å². The van der Waals surface area contributed by atoms with Gasteiger partial charge in [-0.3, -0.25) is 9.78 Å². The van der Waals surface area contributed by atoms with Gasteiger partial charge in [-0.1, -0.05) is 24.3 Å². The summed E-state index contributed by atoms with van der Waals surface area (Å²) in [5.74, 6) is 0.754. The first-order valence-corrected chi connectivity index (χ1v) is 5.47. The third-order valence-electron chi connectivity index (χ3n) is 2.40. The summed E-state index contributed by atoms with van der Waals surface area (Å²) in [7, 11) is 0. The zero-order valence-electron chi connectivity index (χ0n) is 9.59. The summed E-state index contributed by atoms with van der Waals surface area (Å²) in [4.78, 5) is 14.7. The molecule has 2 aromatic rings. The summed E-state index contributed by atoms with van der Waals surface area (Å²) >= 11 is 0. The maximum atomic E-state index is 10.6. The number of hydrogen-bond acceptors (Lipinski definition) is 3. The number of carbonyl (C=O) groups is 1. The molecule has 1 aromatic heterocycles. The standard InChI is InChI=1S/C14H13NO2/c1-2-17-14-7-13(8-15-9-14)12-5-3-11(10-16)4-6-12/h3-10H,2H2,1H3. The molecule has 2 rings (SSSR count). The van der Waals surface area contributed by atoms with Crippen molar-refractivity contribution < 1.29 is 9.53 Å². The Morgan fingerprint density at radius 3 is 2.59 bits per heavy atom. The number of ether oxygens (including phenoxy) is 1. The number of carbonyl (C=O) groups excluding carboxylic acids is 1. The Bertz CT molecular complexity index is 506. The van der Waals surface area contributed by atoms with Crippen LogP contribution in [0.3, 0.4) is 0 Å². The summed E-state index contributed by atoms with van der Waals surface area (Å²) in [6.45, 7) is 2.56. The molecule has 0 aliphatic heterocycles. The molecule has 86 valence electrons. The maximum Gasteiger partial charge on any atom is 0.150 e. The van der Waals surface area contributed by atoms with Crippen LogP contribution in [0.5, 0.6) is 5.75 Å². The molecule has 3 heteroatoms. The number of pyridine rings is 1. The van der Waals surface area contributed by atoms with Gasteiger partial charge in [-0.05, 0) is 18.6 Å². The second kappa shape index (κ2) is 5.25. The van der Waals surface area contributed by atoms with Crippen LogP contribution in [-0.2, 0) is 0 Å². The summed E-state index contributed by atoms with van der Waals surface area (Å²) in [5.41, 5.74) is 2.67. The Morgan fingerprint density at radius 1 is 1.18 bits per heavy atom. The molecule has 0 saturated carbocycles. The molecule has 0 atom stereocenters. The predicted octanol–water partition coefficient (Wildman–Crippen LogP) is 2.96. The highest BCUT2D eigenvalue weighted by molar-refractivity contribution is 5.76. The van der Waals surface area contributed by atoms with Crippen molar-refractivity contribution in [3.8, 4) is 16.9 Å². The number of aldehydes is 1. The number of rotatable bonds is 4. The lowest BCUT2D eigenvalue weighted by Gasteiger charge is -2.05. The normalized spacial score (nSPS) is 9.94. The van der Waals surface area contributed by atoms with Gasteiger partial charge in [0, 0.05) is 17.3 Å². The van der Waals surface area contributed by atoms with Crippen molar-refractivity contribution in [2.45, 2.75) is 6.92 Å². The number of hydrogen-bond donors (Lipinski definition) is 0. The summed E-state index contributed by atoms with van der Waals surface area (Å²) in [6, 6.07) is 9.31. The molecule has 0 aliphatic carbocycles. The van der Waals surface area contributed by atoms with Gasteiger partial charge in [0.2, 0.25) is 0 Å². The molecule has 1 aromatic carbocycles. The van der Waals surface area contributed by atoms with Crippen LogP contribution >= 0.6 is 0 Å². The number of benzene rings is 1. The van der Waals surface area contributed by atoms with Crippen LogP contribution in [0.15, 0.2) is 42.7 Å². The molecule has 0 spiro atoms. The highest BCUT2D eigenvalue weighted by atomic mass is 16.5. The average Bonchev–Trinajstić information content (AvgIpc) is 2.40. The van der Waals surface area contributed by atoms with Crippen molar-refractivity contribution >= 4 is 6.29 Å². The largest absolute Gasteiger partial charge is 0.492 e. The van der Waals surface area contributed by atoms with Gasteiger partial charge in [0.25, 0.3) is 0 Å². The molecular formula is C14H13NO2. The molecule has 0 saturated heterocycles. The average molecular weight is 227 g/mol. The van der Waals surface area contributed by atoms with E-state index in [0.717, 1.165) is 23.2 Å². The van der Waals surface area contributed by atoms with E-state index in [1.165, 1.54) is 0 Å². The molecule has 0 aliphatic rings.